The fourth-order valence-electron chi connectivity index (χ4n) is 3.27. The quantitative estimate of drug-likeness (QED) is 0.684. The molecule has 4 rings (SSSR count). The second kappa shape index (κ2) is 8.53. The third kappa shape index (κ3) is 4.00. The smallest absolute Gasteiger partial charge is 0.163 e. The summed E-state index contributed by atoms with van der Waals surface area (Å²) in [7, 11) is 1.91. The zero-order valence-electron chi connectivity index (χ0n) is 14.6. The fraction of sp³-hybridized carbons (Fsp3) is 0.353. The Labute approximate surface area is 165 Å². The van der Waals surface area contributed by atoms with Gasteiger partial charge in [0.05, 0.1) is 11.6 Å². The van der Waals surface area contributed by atoms with Crippen molar-refractivity contribution in [3.05, 3.63) is 42.4 Å². The van der Waals surface area contributed by atoms with E-state index in [1.807, 2.05) is 25.4 Å². The highest BCUT2D eigenvalue weighted by Crippen LogP contribution is 2.23. The van der Waals surface area contributed by atoms with Crippen LogP contribution in [0.3, 0.4) is 0 Å². The molecule has 1 aromatic carbocycles. The second-order valence-electron chi connectivity index (χ2n) is 6.21. The monoisotopic (exact) mass is 395 g/mol. The summed E-state index contributed by atoms with van der Waals surface area (Å²) < 4.78 is 1.79. The highest BCUT2D eigenvalue weighted by molar-refractivity contribution is 5.86. The Morgan fingerprint density at radius 2 is 1.85 bits per heavy atom. The zero-order valence-corrected chi connectivity index (χ0v) is 16.2. The lowest BCUT2D eigenvalue weighted by Crippen LogP contribution is -2.46. The number of nitrogens with zero attached hydrogens (tertiary/aromatic N) is 6. The summed E-state index contributed by atoms with van der Waals surface area (Å²) in [5, 5.41) is 5.31. The number of aromatic nitrogens is 4. The Morgan fingerprint density at radius 1 is 1.08 bits per heavy atom. The van der Waals surface area contributed by atoms with Gasteiger partial charge < -0.3 is 10.6 Å². The van der Waals surface area contributed by atoms with Crippen LogP contribution < -0.4 is 10.6 Å². The van der Waals surface area contributed by atoms with Crippen molar-refractivity contribution < 1.29 is 0 Å². The molecule has 3 heterocycles. The van der Waals surface area contributed by atoms with Gasteiger partial charge in [0.1, 0.15) is 12.1 Å². The van der Waals surface area contributed by atoms with E-state index in [-0.39, 0.29) is 24.8 Å². The first kappa shape index (κ1) is 20.2. The van der Waals surface area contributed by atoms with E-state index in [4.69, 9.17) is 5.73 Å². The molecule has 2 aromatic heterocycles. The van der Waals surface area contributed by atoms with E-state index >= 15 is 0 Å². The molecule has 1 saturated heterocycles. The lowest BCUT2D eigenvalue weighted by molar-refractivity contribution is 0.249. The predicted molar refractivity (Wildman–Crippen MR) is 109 cm³/mol. The van der Waals surface area contributed by atoms with Gasteiger partial charge in [-0.1, -0.05) is 12.1 Å². The molecule has 0 amide bonds. The Hall–Kier alpha value is -2.09. The Bertz CT molecular complexity index is 859. The van der Waals surface area contributed by atoms with E-state index in [2.05, 4.69) is 37.0 Å². The van der Waals surface area contributed by atoms with Crippen molar-refractivity contribution >= 4 is 47.4 Å². The molecule has 2 N–H and O–H groups in total. The highest BCUT2D eigenvalue weighted by atomic mass is 35.5. The van der Waals surface area contributed by atoms with E-state index in [9.17, 15) is 0 Å². The van der Waals surface area contributed by atoms with Gasteiger partial charge in [0, 0.05) is 45.5 Å². The van der Waals surface area contributed by atoms with Crippen molar-refractivity contribution in [2.24, 2.45) is 7.05 Å². The second-order valence-corrected chi connectivity index (χ2v) is 6.21. The first-order valence-electron chi connectivity index (χ1n) is 8.15. The largest absolute Gasteiger partial charge is 0.399 e. The van der Waals surface area contributed by atoms with Crippen LogP contribution in [-0.2, 0) is 13.6 Å². The number of nitrogen functional groups attached to an aromatic ring is 1. The number of hydrogen-bond donors (Lipinski definition) is 1. The first-order valence-corrected chi connectivity index (χ1v) is 8.15. The maximum absolute atomic E-state index is 5.87. The van der Waals surface area contributed by atoms with E-state index in [1.54, 1.807) is 11.0 Å². The molecule has 1 aliphatic rings. The van der Waals surface area contributed by atoms with Crippen LogP contribution in [0.4, 0.5) is 11.5 Å². The Balaban J connectivity index is 0.00000121. The summed E-state index contributed by atoms with van der Waals surface area (Å²) in [5.41, 5.74) is 8.83. The summed E-state index contributed by atoms with van der Waals surface area (Å²) in [6.45, 7) is 4.83. The molecule has 0 saturated carbocycles. The van der Waals surface area contributed by atoms with Crippen molar-refractivity contribution in [2.75, 3.05) is 36.8 Å². The minimum atomic E-state index is 0. The van der Waals surface area contributed by atoms with Crippen molar-refractivity contribution in [1.29, 1.82) is 0 Å². The minimum absolute atomic E-state index is 0. The van der Waals surface area contributed by atoms with Gasteiger partial charge in [0.25, 0.3) is 0 Å². The maximum atomic E-state index is 5.87. The van der Waals surface area contributed by atoms with Crippen molar-refractivity contribution in [3.8, 4) is 0 Å². The lowest BCUT2D eigenvalue weighted by atomic mass is 10.1. The molecule has 140 valence electrons. The van der Waals surface area contributed by atoms with Gasteiger partial charge in [-0.2, -0.15) is 5.10 Å². The molecule has 3 aromatic rings. The highest BCUT2D eigenvalue weighted by Gasteiger charge is 2.21. The average Bonchev–Trinajstić information content (AvgIpc) is 2.97. The third-order valence-corrected chi connectivity index (χ3v) is 4.54. The molecule has 0 radical (unpaired) electrons. The molecule has 0 aliphatic carbocycles. The standard InChI is InChI=1S/C17H21N7.2ClH/c1-22-16-15(10-21-22)17(20-12-19-16)24-7-5-23(6-8-24)11-13-3-2-4-14(18)9-13;;/h2-4,9-10,12H,5-8,11,18H2,1H3;2*1H. The number of rotatable bonds is 3. The van der Waals surface area contributed by atoms with Crippen LogP contribution >= 0.6 is 24.8 Å². The zero-order chi connectivity index (χ0) is 16.5. The summed E-state index contributed by atoms with van der Waals surface area (Å²) in [6, 6.07) is 8.12. The third-order valence-electron chi connectivity index (χ3n) is 4.54. The van der Waals surface area contributed by atoms with Crippen LogP contribution in [0, 0.1) is 0 Å². The molecule has 0 unspecified atom stereocenters. The number of nitrogens with two attached hydrogens (primary N) is 1. The van der Waals surface area contributed by atoms with E-state index in [0.29, 0.717) is 0 Å². The van der Waals surface area contributed by atoms with Crippen molar-refractivity contribution in [3.63, 3.8) is 0 Å². The van der Waals surface area contributed by atoms with Crippen LogP contribution in [0.2, 0.25) is 0 Å². The molecule has 26 heavy (non-hydrogen) atoms. The van der Waals surface area contributed by atoms with Crippen LogP contribution in [-0.4, -0.2) is 50.8 Å². The molecule has 7 nitrogen and oxygen atoms in total. The van der Waals surface area contributed by atoms with Gasteiger partial charge in [-0.3, -0.25) is 9.58 Å². The number of hydrogen-bond acceptors (Lipinski definition) is 6. The van der Waals surface area contributed by atoms with Crippen molar-refractivity contribution in [2.45, 2.75) is 6.54 Å². The van der Waals surface area contributed by atoms with Gasteiger partial charge in [0.15, 0.2) is 5.65 Å². The number of piperazine rings is 1. The molecular weight excluding hydrogens is 373 g/mol. The lowest BCUT2D eigenvalue weighted by Gasteiger charge is -2.35. The summed E-state index contributed by atoms with van der Waals surface area (Å²) in [6.07, 6.45) is 3.47. The van der Waals surface area contributed by atoms with Crippen molar-refractivity contribution in [1.82, 2.24) is 24.6 Å². The Morgan fingerprint density at radius 3 is 2.58 bits per heavy atom. The predicted octanol–water partition coefficient (Wildman–Crippen LogP) is 2.11. The molecule has 9 heteroatoms. The van der Waals surface area contributed by atoms with Gasteiger partial charge in [0.2, 0.25) is 0 Å². The van der Waals surface area contributed by atoms with Gasteiger partial charge in [-0.05, 0) is 17.7 Å². The molecule has 0 spiro atoms. The SMILES string of the molecule is Cl.Cl.Cn1ncc2c(N3CCN(Cc4cccc(N)c4)CC3)ncnc21. The van der Waals surface area contributed by atoms with Crippen LogP contribution in [0.1, 0.15) is 5.56 Å². The van der Waals surface area contributed by atoms with E-state index in [0.717, 1.165) is 55.3 Å². The number of halogens is 2. The summed E-state index contributed by atoms with van der Waals surface area (Å²) in [4.78, 5) is 13.6. The number of fused-ring (bicyclic) bond motifs is 1. The van der Waals surface area contributed by atoms with Crippen LogP contribution in [0.25, 0.3) is 11.0 Å². The van der Waals surface area contributed by atoms with Gasteiger partial charge >= 0.3 is 0 Å². The van der Waals surface area contributed by atoms with Gasteiger partial charge in [-0.15, -0.1) is 24.8 Å². The molecular formula is C17H23Cl2N7. The average molecular weight is 396 g/mol. The van der Waals surface area contributed by atoms with Crippen LogP contribution in [0.15, 0.2) is 36.8 Å². The van der Waals surface area contributed by atoms with Crippen LogP contribution in [0.5, 0.6) is 0 Å². The number of anilines is 2. The maximum Gasteiger partial charge on any atom is 0.163 e. The fourth-order valence-corrected chi connectivity index (χ4v) is 3.27. The summed E-state index contributed by atoms with van der Waals surface area (Å²) in [5.74, 6) is 0.983. The Kier molecular flexibility index (Phi) is 6.63. The topological polar surface area (TPSA) is 76.1 Å². The summed E-state index contributed by atoms with van der Waals surface area (Å²) >= 11 is 0. The molecule has 0 atom stereocenters. The molecule has 1 aliphatic heterocycles. The van der Waals surface area contributed by atoms with E-state index < -0.39 is 0 Å². The van der Waals surface area contributed by atoms with Gasteiger partial charge in [-0.25, -0.2) is 9.97 Å². The number of aryl methyl sites for hydroxylation is 1. The number of benzene rings is 1. The molecule has 0 bridgehead atoms. The normalized spacial score (nSPS) is 14.7. The van der Waals surface area contributed by atoms with E-state index in [1.165, 1.54) is 5.56 Å². The first-order chi connectivity index (χ1) is 11.7. The molecule has 1 fully saturated rings. The minimum Gasteiger partial charge on any atom is -0.399 e.